The van der Waals surface area contributed by atoms with Crippen LogP contribution in [0.1, 0.15) is 15.9 Å². The van der Waals surface area contributed by atoms with E-state index < -0.39 is 17.6 Å². The number of nitrogens with zero attached hydrogens (tertiary/aromatic N) is 1. The summed E-state index contributed by atoms with van der Waals surface area (Å²) in [6.07, 6.45) is -1.55. The monoisotopic (exact) mass is 391 g/mol. The summed E-state index contributed by atoms with van der Waals surface area (Å²) in [6.45, 7) is 0. The first kappa shape index (κ1) is 18.7. The first-order valence-corrected chi connectivity index (χ1v) is 8.16. The van der Waals surface area contributed by atoms with E-state index in [4.69, 9.17) is 11.6 Å². The Kier molecular flexibility index (Phi) is 5.32. The van der Waals surface area contributed by atoms with Crippen molar-refractivity contribution in [2.45, 2.75) is 6.18 Å². The van der Waals surface area contributed by atoms with E-state index in [1.54, 1.807) is 24.3 Å². The number of carbonyl (C=O) groups is 1. The van der Waals surface area contributed by atoms with E-state index in [9.17, 15) is 18.0 Å². The number of alkyl halides is 3. The molecule has 4 nitrogen and oxygen atoms in total. The summed E-state index contributed by atoms with van der Waals surface area (Å²) in [5.41, 5.74) is 0.895. The van der Waals surface area contributed by atoms with Crippen molar-refractivity contribution in [3.8, 4) is 0 Å². The van der Waals surface area contributed by atoms with Gasteiger partial charge in [-0.1, -0.05) is 23.7 Å². The molecular formula is C19H13ClF3N3O. The predicted molar refractivity (Wildman–Crippen MR) is 98.4 cm³/mol. The predicted octanol–water partition coefficient (Wildman–Crippen LogP) is 5.75. The zero-order chi connectivity index (χ0) is 19.4. The molecule has 0 spiro atoms. The molecule has 0 radical (unpaired) electrons. The van der Waals surface area contributed by atoms with Crippen LogP contribution in [-0.2, 0) is 6.18 Å². The second kappa shape index (κ2) is 7.67. The topological polar surface area (TPSA) is 54.0 Å². The van der Waals surface area contributed by atoms with Crippen LogP contribution in [0.25, 0.3) is 0 Å². The van der Waals surface area contributed by atoms with E-state index >= 15 is 0 Å². The molecular weight excluding hydrogens is 379 g/mol. The van der Waals surface area contributed by atoms with E-state index in [2.05, 4.69) is 15.6 Å². The molecule has 0 saturated carbocycles. The van der Waals surface area contributed by atoms with Crippen molar-refractivity contribution in [3.05, 3.63) is 83.1 Å². The maximum atomic E-state index is 12.6. The molecule has 8 heteroatoms. The Morgan fingerprint density at radius 1 is 0.963 bits per heavy atom. The Balaban J connectivity index is 1.73. The molecule has 0 unspecified atom stereocenters. The van der Waals surface area contributed by atoms with Crippen LogP contribution in [0, 0.1) is 0 Å². The van der Waals surface area contributed by atoms with E-state index in [1.165, 1.54) is 30.6 Å². The smallest absolute Gasteiger partial charge is 0.354 e. The number of carbonyl (C=O) groups excluding carboxylic acids is 1. The minimum Gasteiger partial charge on any atom is -0.354 e. The van der Waals surface area contributed by atoms with Crippen molar-refractivity contribution in [2.24, 2.45) is 0 Å². The van der Waals surface area contributed by atoms with Gasteiger partial charge in [0, 0.05) is 11.9 Å². The molecule has 3 aromatic rings. The summed E-state index contributed by atoms with van der Waals surface area (Å²) < 4.78 is 37.8. The van der Waals surface area contributed by atoms with Crippen LogP contribution in [0.4, 0.5) is 30.2 Å². The zero-order valence-corrected chi connectivity index (χ0v) is 14.5. The SMILES string of the molecule is O=C(Nc1ccccc1Cl)c1cncc(Nc2ccc(C(F)(F)F)cc2)c1. The Morgan fingerprint density at radius 3 is 2.33 bits per heavy atom. The number of nitrogens with one attached hydrogen (secondary N) is 2. The molecule has 0 atom stereocenters. The average molecular weight is 392 g/mol. The summed E-state index contributed by atoms with van der Waals surface area (Å²) in [5.74, 6) is -0.410. The van der Waals surface area contributed by atoms with Gasteiger partial charge in [0.05, 0.1) is 33.7 Å². The lowest BCUT2D eigenvalue weighted by Crippen LogP contribution is -2.12. The highest BCUT2D eigenvalue weighted by Crippen LogP contribution is 2.30. The van der Waals surface area contributed by atoms with Crippen molar-refractivity contribution in [2.75, 3.05) is 10.6 Å². The van der Waals surface area contributed by atoms with Gasteiger partial charge in [-0.05, 0) is 42.5 Å². The van der Waals surface area contributed by atoms with Crippen LogP contribution >= 0.6 is 11.6 Å². The molecule has 2 aromatic carbocycles. The fourth-order valence-corrected chi connectivity index (χ4v) is 2.48. The second-order valence-corrected chi connectivity index (χ2v) is 6.00. The molecule has 3 rings (SSSR count). The second-order valence-electron chi connectivity index (χ2n) is 5.60. The highest BCUT2D eigenvalue weighted by molar-refractivity contribution is 6.33. The van der Waals surface area contributed by atoms with E-state index in [1.807, 2.05) is 0 Å². The molecule has 0 bridgehead atoms. The zero-order valence-electron chi connectivity index (χ0n) is 13.7. The van der Waals surface area contributed by atoms with Crippen molar-refractivity contribution < 1.29 is 18.0 Å². The Bertz CT molecular complexity index is 959. The molecule has 1 amide bonds. The standard InChI is InChI=1S/C19H13ClF3N3O/c20-16-3-1-2-4-17(16)26-18(27)12-9-15(11-24-10-12)25-14-7-5-13(6-8-14)19(21,22)23/h1-11,25H,(H,26,27). The molecule has 1 heterocycles. The third kappa shape index (κ3) is 4.77. The van der Waals surface area contributed by atoms with Crippen LogP contribution in [0.2, 0.25) is 5.02 Å². The summed E-state index contributed by atoms with van der Waals surface area (Å²) in [6, 6.07) is 12.9. The van der Waals surface area contributed by atoms with Gasteiger partial charge in [-0.15, -0.1) is 0 Å². The summed E-state index contributed by atoms with van der Waals surface area (Å²) in [5, 5.41) is 6.00. The van der Waals surface area contributed by atoms with Crippen LogP contribution in [0.5, 0.6) is 0 Å². The first-order valence-electron chi connectivity index (χ1n) is 7.78. The number of hydrogen-bond acceptors (Lipinski definition) is 3. The third-order valence-electron chi connectivity index (χ3n) is 3.62. The van der Waals surface area contributed by atoms with Crippen LogP contribution in [0.3, 0.4) is 0 Å². The number of amides is 1. The van der Waals surface area contributed by atoms with Crippen LogP contribution in [-0.4, -0.2) is 10.9 Å². The lowest BCUT2D eigenvalue weighted by atomic mass is 10.2. The number of hydrogen-bond donors (Lipinski definition) is 2. The lowest BCUT2D eigenvalue weighted by Gasteiger charge is -2.11. The van der Waals surface area contributed by atoms with Gasteiger partial charge in [-0.3, -0.25) is 9.78 Å². The van der Waals surface area contributed by atoms with Gasteiger partial charge in [-0.2, -0.15) is 13.2 Å². The number of rotatable bonds is 4. The van der Waals surface area contributed by atoms with Crippen molar-refractivity contribution in [3.63, 3.8) is 0 Å². The largest absolute Gasteiger partial charge is 0.416 e. The number of anilines is 3. The van der Waals surface area contributed by atoms with Gasteiger partial charge in [0.2, 0.25) is 0 Å². The molecule has 0 aliphatic heterocycles. The average Bonchev–Trinajstić information content (AvgIpc) is 2.63. The van der Waals surface area contributed by atoms with Crippen molar-refractivity contribution >= 4 is 34.6 Å². The lowest BCUT2D eigenvalue weighted by molar-refractivity contribution is -0.137. The Hall–Kier alpha value is -3.06. The number of halogens is 4. The van der Waals surface area contributed by atoms with Gasteiger partial charge in [0.15, 0.2) is 0 Å². The number of pyridine rings is 1. The summed E-state index contributed by atoms with van der Waals surface area (Å²) in [7, 11) is 0. The first-order chi connectivity index (χ1) is 12.8. The van der Waals surface area contributed by atoms with Crippen LogP contribution < -0.4 is 10.6 Å². The number of aromatic nitrogens is 1. The van der Waals surface area contributed by atoms with E-state index in [-0.39, 0.29) is 5.56 Å². The van der Waals surface area contributed by atoms with Gasteiger partial charge >= 0.3 is 6.18 Å². The molecule has 0 saturated heterocycles. The minimum absolute atomic E-state index is 0.270. The normalized spacial score (nSPS) is 11.1. The maximum Gasteiger partial charge on any atom is 0.416 e. The fraction of sp³-hybridized carbons (Fsp3) is 0.0526. The third-order valence-corrected chi connectivity index (χ3v) is 3.95. The van der Waals surface area contributed by atoms with Crippen molar-refractivity contribution in [1.82, 2.24) is 4.98 Å². The Labute approximate surface area is 158 Å². The fourth-order valence-electron chi connectivity index (χ4n) is 2.30. The highest BCUT2D eigenvalue weighted by Gasteiger charge is 2.29. The quantitative estimate of drug-likeness (QED) is 0.595. The van der Waals surface area contributed by atoms with Crippen molar-refractivity contribution in [1.29, 1.82) is 0 Å². The highest BCUT2D eigenvalue weighted by atomic mass is 35.5. The van der Waals surface area contributed by atoms with Gasteiger partial charge in [-0.25, -0.2) is 0 Å². The molecule has 0 aliphatic rings. The molecule has 1 aromatic heterocycles. The molecule has 138 valence electrons. The van der Waals surface area contributed by atoms with E-state index in [0.29, 0.717) is 22.1 Å². The van der Waals surface area contributed by atoms with Gasteiger partial charge < -0.3 is 10.6 Å². The molecule has 0 aliphatic carbocycles. The van der Waals surface area contributed by atoms with Gasteiger partial charge in [0.1, 0.15) is 0 Å². The van der Waals surface area contributed by atoms with Crippen LogP contribution in [0.15, 0.2) is 67.0 Å². The summed E-state index contributed by atoms with van der Waals surface area (Å²) in [4.78, 5) is 16.3. The van der Waals surface area contributed by atoms with Gasteiger partial charge in [0.25, 0.3) is 5.91 Å². The minimum atomic E-state index is -4.39. The molecule has 27 heavy (non-hydrogen) atoms. The Morgan fingerprint density at radius 2 is 1.67 bits per heavy atom. The van der Waals surface area contributed by atoms with E-state index in [0.717, 1.165) is 12.1 Å². The summed E-state index contributed by atoms with van der Waals surface area (Å²) >= 11 is 6.02. The number of benzene rings is 2. The molecule has 2 N–H and O–H groups in total. The maximum absolute atomic E-state index is 12.6. The number of para-hydroxylation sites is 1. The molecule has 0 fully saturated rings.